The molecule has 0 saturated heterocycles. The maximum atomic E-state index is 12.4. The summed E-state index contributed by atoms with van der Waals surface area (Å²) >= 11 is 0. The molecule has 128 valence electrons. The molecule has 1 aromatic heterocycles. The quantitative estimate of drug-likeness (QED) is 0.531. The smallest absolute Gasteiger partial charge is 0.269 e. The zero-order chi connectivity index (χ0) is 18.0. The SMILES string of the molecule is Cc1nc(-c2cccc(NS(=O)(=O)c3ccc([N+](=O)[O-])cc3)c2)n[nH]1. The zero-order valence-electron chi connectivity index (χ0n) is 13.0. The molecule has 3 aromatic rings. The Bertz CT molecular complexity index is 1030. The van der Waals surface area contributed by atoms with Crippen molar-refractivity contribution in [3.8, 4) is 11.4 Å². The second-order valence-corrected chi connectivity index (χ2v) is 6.86. The number of hydrogen-bond donors (Lipinski definition) is 2. The van der Waals surface area contributed by atoms with Crippen LogP contribution in [0.15, 0.2) is 53.4 Å². The van der Waals surface area contributed by atoms with Crippen LogP contribution in [0.4, 0.5) is 11.4 Å². The van der Waals surface area contributed by atoms with E-state index >= 15 is 0 Å². The number of non-ortho nitro benzene ring substituents is 1. The first kappa shape index (κ1) is 16.6. The molecular formula is C15H13N5O4S. The van der Waals surface area contributed by atoms with Crippen molar-refractivity contribution in [1.29, 1.82) is 0 Å². The lowest BCUT2D eigenvalue weighted by atomic mass is 10.2. The molecule has 9 nitrogen and oxygen atoms in total. The van der Waals surface area contributed by atoms with Crippen LogP contribution in [-0.2, 0) is 10.0 Å². The number of aryl methyl sites for hydroxylation is 1. The average molecular weight is 359 g/mol. The Morgan fingerprint density at radius 1 is 1.16 bits per heavy atom. The molecule has 0 aliphatic rings. The fraction of sp³-hybridized carbons (Fsp3) is 0.0667. The Morgan fingerprint density at radius 2 is 1.88 bits per heavy atom. The number of benzene rings is 2. The van der Waals surface area contributed by atoms with Crippen molar-refractivity contribution in [2.24, 2.45) is 0 Å². The van der Waals surface area contributed by atoms with Crippen LogP contribution in [0.2, 0.25) is 0 Å². The molecule has 0 saturated carbocycles. The normalized spacial score (nSPS) is 11.2. The van der Waals surface area contributed by atoms with E-state index in [0.29, 0.717) is 22.9 Å². The number of nitrogens with zero attached hydrogens (tertiary/aromatic N) is 3. The van der Waals surface area contributed by atoms with Crippen molar-refractivity contribution in [1.82, 2.24) is 15.2 Å². The van der Waals surface area contributed by atoms with Gasteiger partial charge in [-0.3, -0.25) is 19.9 Å². The van der Waals surface area contributed by atoms with Crippen LogP contribution in [-0.4, -0.2) is 28.5 Å². The Kier molecular flexibility index (Phi) is 4.19. The first-order valence-electron chi connectivity index (χ1n) is 7.12. The lowest BCUT2D eigenvalue weighted by Gasteiger charge is -2.08. The summed E-state index contributed by atoms with van der Waals surface area (Å²) in [7, 11) is -3.87. The van der Waals surface area contributed by atoms with Gasteiger partial charge >= 0.3 is 0 Å². The average Bonchev–Trinajstić information content (AvgIpc) is 3.01. The van der Waals surface area contributed by atoms with Gasteiger partial charge in [-0.25, -0.2) is 13.4 Å². The summed E-state index contributed by atoms with van der Waals surface area (Å²) in [6.07, 6.45) is 0. The minimum atomic E-state index is -3.87. The van der Waals surface area contributed by atoms with Crippen molar-refractivity contribution in [3.05, 3.63) is 64.5 Å². The molecule has 0 aliphatic heterocycles. The summed E-state index contributed by atoms with van der Waals surface area (Å²) in [5, 5.41) is 17.4. The topological polar surface area (TPSA) is 131 Å². The second kappa shape index (κ2) is 6.32. The van der Waals surface area contributed by atoms with Gasteiger partial charge in [0.2, 0.25) is 0 Å². The van der Waals surface area contributed by atoms with Crippen LogP contribution in [0, 0.1) is 17.0 Å². The van der Waals surface area contributed by atoms with Gasteiger partial charge in [0.1, 0.15) is 5.82 Å². The van der Waals surface area contributed by atoms with Gasteiger partial charge in [0.15, 0.2) is 5.82 Å². The maximum Gasteiger partial charge on any atom is 0.269 e. The highest BCUT2D eigenvalue weighted by Gasteiger charge is 2.16. The number of nitro groups is 1. The van der Waals surface area contributed by atoms with Crippen LogP contribution in [0.5, 0.6) is 0 Å². The molecule has 0 amide bonds. The van der Waals surface area contributed by atoms with Gasteiger partial charge < -0.3 is 0 Å². The summed E-state index contributed by atoms with van der Waals surface area (Å²) in [4.78, 5) is 14.2. The number of aromatic nitrogens is 3. The first-order valence-corrected chi connectivity index (χ1v) is 8.60. The van der Waals surface area contributed by atoms with Crippen LogP contribution in [0.1, 0.15) is 5.82 Å². The summed E-state index contributed by atoms with van der Waals surface area (Å²) in [5.74, 6) is 1.10. The van der Waals surface area contributed by atoms with Gasteiger partial charge in [-0.15, -0.1) is 0 Å². The highest BCUT2D eigenvalue weighted by atomic mass is 32.2. The van der Waals surface area contributed by atoms with E-state index in [9.17, 15) is 18.5 Å². The zero-order valence-corrected chi connectivity index (χ0v) is 13.8. The molecule has 2 aromatic carbocycles. The highest BCUT2D eigenvalue weighted by Crippen LogP contribution is 2.23. The third-order valence-corrected chi connectivity index (χ3v) is 4.73. The second-order valence-electron chi connectivity index (χ2n) is 5.18. The minimum absolute atomic E-state index is 0.0720. The number of aromatic amines is 1. The first-order chi connectivity index (χ1) is 11.8. The Labute approximate surface area is 142 Å². The molecular weight excluding hydrogens is 346 g/mol. The molecule has 0 atom stereocenters. The summed E-state index contributed by atoms with van der Waals surface area (Å²) in [6.45, 7) is 1.76. The largest absolute Gasteiger partial charge is 0.280 e. The molecule has 1 heterocycles. The molecule has 0 fully saturated rings. The molecule has 0 aliphatic carbocycles. The van der Waals surface area contributed by atoms with Gasteiger partial charge in [0.25, 0.3) is 15.7 Å². The van der Waals surface area contributed by atoms with Crippen LogP contribution in [0.25, 0.3) is 11.4 Å². The number of H-pyrrole nitrogens is 1. The standard InChI is InChI=1S/C15H13N5O4S/c1-10-16-15(18-17-10)11-3-2-4-12(9-11)19-25(23,24)14-7-5-13(6-8-14)20(21)22/h2-9,19H,1H3,(H,16,17,18). The van der Waals surface area contributed by atoms with E-state index in [1.807, 2.05) is 0 Å². The van der Waals surface area contributed by atoms with Gasteiger partial charge in [0, 0.05) is 23.4 Å². The number of anilines is 1. The Morgan fingerprint density at radius 3 is 2.48 bits per heavy atom. The van der Waals surface area contributed by atoms with Crippen molar-refractivity contribution >= 4 is 21.4 Å². The van der Waals surface area contributed by atoms with Crippen molar-refractivity contribution < 1.29 is 13.3 Å². The van der Waals surface area contributed by atoms with E-state index < -0.39 is 14.9 Å². The molecule has 3 rings (SSSR count). The van der Waals surface area contributed by atoms with Crippen LogP contribution < -0.4 is 4.72 Å². The number of sulfonamides is 1. The van der Waals surface area contributed by atoms with Crippen LogP contribution >= 0.6 is 0 Å². The van der Waals surface area contributed by atoms with Crippen molar-refractivity contribution in [3.63, 3.8) is 0 Å². The predicted molar refractivity (Wildman–Crippen MR) is 90.5 cm³/mol. The fourth-order valence-corrected chi connectivity index (χ4v) is 3.20. The van der Waals surface area contributed by atoms with E-state index in [1.165, 1.54) is 12.1 Å². The van der Waals surface area contributed by atoms with E-state index in [0.717, 1.165) is 12.1 Å². The van der Waals surface area contributed by atoms with E-state index in [-0.39, 0.29) is 10.6 Å². The molecule has 25 heavy (non-hydrogen) atoms. The van der Waals surface area contributed by atoms with Crippen molar-refractivity contribution in [2.75, 3.05) is 4.72 Å². The monoisotopic (exact) mass is 359 g/mol. The molecule has 0 bridgehead atoms. The summed E-state index contributed by atoms with van der Waals surface area (Å²) in [6, 6.07) is 11.3. The molecule has 0 radical (unpaired) electrons. The summed E-state index contributed by atoms with van der Waals surface area (Å²) < 4.78 is 27.3. The Balaban J connectivity index is 1.87. The fourth-order valence-electron chi connectivity index (χ4n) is 2.15. The molecule has 2 N–H and O–H groups in total. The minimum Gasteiger partial charge on any atom is -0.280 e. The van der Waals surface area contributed by atoms with Gasteiger partial charge in [0.05, 0.1) is 9.82 Å². The van der Waals surface area contributed by atoms with E-state index in [1.54, 1.807) is 31.2 Å². The lowest BCUT2D eigenvalue weighted by Crippen LogP contribution is -2.13. The van der Waals surface area contributed by atoms with E-state index in [2.05, 4.69) is 19.9 Å². The molecule has 0 spiro atoms. The lowest BCUT2D eigenvalue weighted by molar-refractivity contribution is -0.384. The number of nitrogens with one attached hydrogen (secondary N) is 2. The van der Waals surface area contributed by atoms with Crippen molar-refractivity contribution in [2.45, 2.75) is 11.8 Å². The third kappa shape index (κ3) is 3.63. The third-order valence-electron chi connectivity index (χ3n) is 3.33. The van der Waals surface area contributed by atoms with Gasteiger partial charge in [-0.1, -0.05) is 12.1 Å². The number of rotatable bonds is 5. The maximum absolute atomic E-state index is 12.4. The predicted octanol–water partition coefficient (Wildman–Crippen LogP) is 2.49. The van der Waals surface area contributed by atoms with Crippen LogP contribution in [0.3, 0.4) is 0 Å². The van der Waals surface area contributed by atoms with E-state index in [4.69, 9.17) is 0 Å². The number of hydrogen-bond acceptors (Lipinski definition) is 6. The van der Waals surface area contributed by atoms with Gasteiger partial charge in [-0.2, -0.15) is 5.10 Å². The summed E-state index contributed by atoms with van der Waals surface area (Å²) in [5.41, 5.74) is 0.799. The Hall–Kier alpha value is -3.27. The van der Waals surface area contributed by atoms with Gasteiger partial charge in [-0.05, 0) is 31.2 Å². The molecule has 0 unspecified atom stereocenters. The molecule has 10 heteroatoms. The highest BCUT2D eigenvalue weighted by molar-refractivity contribution is 7.92. The number of nitro benzene ring substituents is 1.